The van der Waals surface area contributed by atoms with Gasteiger partial charge in [0.15, 0.2) is 0 Å². The molecule has 0 amide bonds. The van der Waals surface area contributed by atoms with Crippen LogP contribution in [-0.4, -0.2) is 12.6 Å². The molecule has 0 aromatic heterocycles. The van der Waals surface area contributed by atoms with Gasteiger partial charge in [0.1, 0.15) is 0 Å². The lowest BCUT2D eigenvalue weighted by molar-refractivity contribution is 0.431. The maximum absolute atomic E-state index is 3.58. The maximum Gasteiger partial charge on any atom is 0.00618 e. The van der Waals surface area contributed by atoms with Crippen LogP contribution in [0.1, 0.15) is 53.4 Å². The van der Waals surface area contributed by atoms with Gasteiger partial charge in [-0.15, -0.1) is 0 Å². The van der Waals surface area contributed by atoms with Gasteiger partial charge in [0, 0.05) is 6.04 Å². The molecule has 0 spiro atoms. The third-order valence-corrected chi connectivity index (χ3v) is 2.75. The molecule has 0 heterocycles. The molecule has 0 saturated carbocycles. The molecule has 0 aromatic carbocycles. The average molecular weight is 171 g/mol. The molecular formula is C11H25N. The Morgan fingerprint density at radius 2 is 1.58 bits per heavy atom. The predicted octanol–water partition coefficient (Wildman–Crippen LogP) is 3.20. The quantitative estimate of drug-likeness (QED) is 0.620. The third kappa shape index (κ3) is 5.59. The summed E-state index contributed by atoms with van der Waals surface area (Å²) in [5.41, 5.74) is 0. The molecular weight excluding hydrogens is 146 g/mol. The lowest BCUT2D eigenvalue weighted by Crippen LogP contribution is -2.29. The van der Waals surface area contributed by atoms with Crippen LogP contribution < -0.4 is 5.32 Å². The largest absolute Gasteiger partial charge is 0.314 e. The summed E-state index contributed by atoms with van der Waals surface area (Å²) in [6, 6.07) is 0.744. The number of nitrogens with one attached hydrogen (secondary N) is 1. The van der Waals surface area contributed by atoms with Gasteiger partial charge in [-0.25, -0.2) is 0 Å². The van der Waals surface area contributed by atoms with E-state index in [0.717, 1.165) is 12.0 Å². The second-order valence-corrected chi connectivity index (χ2v) is 3.77. The lowest BCUT2D eigenvalue weighted by Gasteiger charge is -2.16. The van der Waals surface area contributed by atoms with Crippen molar-refractivity contribution < 1.29 is 0 Å². The van der Waals surface area contributed by atoms with Crippen LogP contribution in [0, 0.1) is 5.92 Å². The summed E-state index contributed by atoms with van der Waals surface area (Å²) in [4.78, 5) is 0. The smallest absolute Gasteiger partial charge is 0.00618 e. The summed E-state index contributed by atoms with van der Waals surface area (Å²) >= 11 is 0. The van der Waals surface area contributed by atoms with Crippen LogP contribution in [0.25, 0.3) is 0 Å². The van der Waals surface area contributed by atoms with Crippen LogP contribution in [-0.2, 0) is 0 Å². The lowest BCUT2D eigenvalue weighted by atomic mass is 10.0. The summed E-state index contributed by atoms with van der Waals surface area (Å²) in [5.74, 6) is 0.881. The molecule has 1 heteroatoms. The molecule has 0 aliphatic rings. The van der Waals surface area contributed by atoms with Crippen molar-refractivity contribution in [2.24, 2.45) is 5.92 Å². The van der Waals surface area contributed by atoms with Crippen molar-refractivity contribution in [3.63, 3.8) is 0 Å². The SMILES string of the molecule is CCC(C)CCNC(CC)CC. The van der Waals surface area contributed by atoms with E-state index in [0.29, 0.717) is 0 Å². The van der Waals surface area contributed by atoms with Crippen molar-refractivity contribution in [1.82, 2.24) is 5.32 Å². The Morgan fingerprint density at radius 3 is 2.00 bits per heavy atom. The van der Waals surface area contributed by atoms with Gasteiger partial charge in [-0.3, -0.25) is 0 Å². The molecule has 0 aliphatic carbocycles. The summed E-state index contributed by atoms with van der Waals surface area (Å²) in [7, 11) is 0. The van der Waals surface area contributed by atoms with Gasteiger partial charge >= 0.3 is 0 Å². The van der Waals surface area contributed by atoms with Gasteiger partial charge in [-0.05, 0) is 31.7 Å². The van der Waals surface area contributed by atoms with Crippen molar-refractivity contribution in [3.05, 3.63) is 0 Å². The number of hydrogen-bond donors (Lipinski definition) is 1. The van der Waals surface area contributed by atoms with E-state index in [1.807, 2.05) is 0 Å². The van der Waals surface area contributed by atoms with Gasteiger partial charge in [0.25, 0.3) is 0 Å². The van der Waals surface area contributed by atoms with E-state index in [2.05, 4.69) is 33.0 Å². The standard InChI is InChI=1S/C11H25N/c1-5-10(4)8-9-12-11(6-2)7-3/h10-12H,5-9H2,1-4H3. The Kier molecular flexibility index (Phi) is 7.58. The topological polar surface area (TPSA) is 12.0 Å². The minimum Gasteiger partial charge on any atom is -0.314 e. The van der Waals surface area contributed by atoms with Gasteiger partial charge in [0.2, 0.25) is 0 Å². The molecule has 0 bridgehead atoms. The zero-order valence-corrected chi connectivity index (χ0v) is 9.19. The normalized spacial score (nSPS) is 13.8. The Morgan fingerprint density at radius 1 is 1.00 bits per heavy atom. The first-order valence-electron chi connectivity index (χ1n) is 5.47. The Balaban J connectivity index is 3.28. The van der Waals surface area contributed by atoms with E-state index in [-0.39, 0.29) is 0 Å². The predicted molar refractivity (Wildman–Crippen MR) is 56.4 cm³/mol. The molecule has 1 atom stereocenters. The summed E-state index contributed by atoms with van der Waals surface area (Å²) in [5, 5.41) is 3.58. The monoisotopic (exact) mass is 171 g/mol. The third-order valence-electron chi connectivity index (χ3n) is 2.75. The summed E-state index contributed by atoms with van der Waals surface area (Å²) in [6.45, 7) is 10.3. The minimum atomic E-state index is 0.744. The second-order valence-electron chi connectivity index (χ2n) is 3.77. The van der Waals surface area contributed by atoms with Crippen molar-refractivity contribution in [2.75, 3.05) is 6.54 Å². The highest BCUT2D eigenvalue weighted by atomic mass is 14.9. The first-order chi connectivity index (χ1) is 5.74. The van der Waals surface area contributed by atoms with Crippen molar-refractivity contribution in [2.45, 2.75) is 59.4 Å². The molecule has 74 valence electrons. The van der Waals surface area contributed by atoms with Gasteiger partial charge in [0.05, 0.1) is 0 Å². The van der Waals surface area contributed by atoms with Gasteiger partial charge < -0.3 is 5.32 Å². The highest BCUT2D eigenvalue weighted by molar-refractivity contribution is 4.63. The minimum absolute atomic E-state index is 0.744. The highest BCUT2D eigenvalue weighted by Crippen LogP contribution is 2.05. The summed E-state index contributed by atoms with van der Waals surface area (Å²) in [6.07, 6.45) is 5.16. The molecule has 0 aliphatic heterocycles. The van der Waals surface area contributed by atoms with Crippen LogP contribution in [0.3, 0.4) is 0 Å². The van der Waals surface area contributed by atoms with Crippen LogP contribution in [0.2, 0.25) is 0 Å². The van der Waals surface area contributed by atoms with Crippen LogP contribution >= 0.6 is 0 Å². The maximum atomic E-state index is 3.58. The van der Waals surface area contributed by atoms with E-state index in [4.69, 9.17) is 0 Å². The van der Waals surface area contributed by atoms with E-state index >= 15 is 0 Å². The van der Waals surface area contributed by atoms with Crippen molar-refractivity contribution in [3.8, 4) is 0 Å². The molecule has 1 N–H and O–H groups in total. The van der Waals surface area contributed by atoms with Crippen LogP contribution in [0.5, 0.6) is 0 Å². The Bertz CT molecular complexity index is 87.0. The first-order valence-corrected chi connectivity index (χ1v) is 5.47. The van der Waals surface area contributed by atoms with E-state index in [9.17, 15) is 0 Å². The number of rotatable bonds is 7. The zero-order chi connectivity index (χ0) is 9.40. The zero-order valence-electron chi connectivity index (χ0n) is 9.19. The summed E-state index contributed by atoms with van der Waals surface area (Å²) < 4.78 is 0. The first kappa shape index (κ1) is 12.0. The fraction of sp³-hybridized carbons (Fsp3) is 1.00. The Labute approximate surface area is 77.9 Å². The molecule has 12 heavy (non-hydrogen) atoms. The Hall–Kier alpha value is -0.0400. The molecule has 1 nitrogen and oxygen atoms in total. The average Bonchev–Trinajstić information content (AvgIpc) is 2.12. The van der Waals surface area contributed by atoms with Crippen LogP contribution in [0.4, 0.5) is 0 Å². The molecule has 0 rings (SSSR count). The van der Waals surface area contributed by atoms with Gasteiger partial charge in [-0.1, -0.05) is 34.1 Å². The fourth-order valence-corrected chi connectivity index (χ4v) is 1.32. The molecule has 0 fully saturated rings. The highest BCUT2D eigenvalue weighted by Gasteiger charge is 2.02. The molecule has 1 unspecified atom stereocenters. The molecule has 0 saturated heterocycles. The van der Waals surface area contributed by atoms with Gasteiger partial charge in [-0.2, -0.15) is 0 Å². The van der Waals surface area contributed by atoms with Crippen molar-refractivity contribution in [1.29, 1.82) is 0 Å². The van der Waals surface area contributed by atoms with Crippen molar-refractivity contribution >= 4 is 0 Å². The fourth-order valence-electron chi connectivity index (χ4n) is 1.32. The van der Waals surface area contributed by atoms with E-state index < -0.39 is 0 Å². The second kappa shape index (κ2) is 7.60. The van der Waals surface area contributed by atoms with E-state index in [1.165, 1.54) is 32.2 Å². The molecule has 0 aromatic rings. The molecule has 0 radical (unpaired) electrons. The van der Waals surface area contributed by atoms with Crippen LogP contribution in [0.15, 0.2) is 0 Å². The van der Waals surface area contributed by atoms with E-state index in [1.54, 1.807) is 0 Å². The number of hydrogen-bond acceptors (Lipinski definition) is 1.